The first-order chi connectivity index (χ1) is 9.63. The van der Waals surface area contributed by atoms with Gasteiger partial charge in [-0.2, -0.15) is 0 Å². The lowest BCUT2D eigenvalue weighted by molar-refractivity contribution is -0.400. The van der Waals surface area contributed by atoms with E-state index in [9.17, 15) is 10.1 Å². The van der Waals surface area contributed by atoms with Gasteiger partial charge in [0.1, 0.15) is 12.4 Å². The van der Waals surface area contributed by atoms with E-state index in [1.54, 1.807) is 36.4 Å². The zero-order valence-corrected chi connectivity index (χ0v) is 11.3. The third-order valence-electron chi connectivity index (χ3n) is 2.57. The van der Waals surface area contributed by atoms with Gasteiger partial charge in [-0.25, -0.2) is 0 Å². The monoisotopic (exact) mass is 289 g/mol. The fraction of sp³-hybridized carbons (Fsp3) is 0.0667. The van der Waals surface area contributed by atoms with E-state index < -0.39 is 4.92 Å². The van der Waals surface area contributed by atoms with Gasteiger partial charge in [-0.1, -0.05) is 35.9 Å². The van der Waals surface area contributed by atoms with E-state index in [2.05, 4.69) is 0 Å². The van der Waals surface area contributed by atoms with Gasteiger partial charge in [-0.3, -0.25) is 10.1 Å². The van der Waals surface area contributed by atoms with E-state index in [1.807, 2.05) is 12.1 Å². The van der Waals surface area contributed by atoms with Crippen LogP contribution in [0.15, 0.2) is 54.7 Å². The van der Waals surface area contributed by atoms with Crippen LogP contribution in [0.1, 0.15) is 11.1 Å². The minimum absolute atomic E-state index is 0.416. The zero-order chi connectivity index (χ0) is 14.4. The fourth-order valence-electron chi connectivity index (χ4n) is 1.60. The third kappa shape index (κ3) is 4.40. The number of rotatable bonds is 5. The second kappa shape index (κ2) is 6.73. The van der Waals surface area contributed by atoms with Crippen molar-refractivity contribution in [3.05, 3.63) is 81.0 Å². The third-order valence-corrected chi connectivity index (χ3v) is 2.82. The Balaban J connectivity index is 2.01. The number of hydrogen-bond acceptors (Lipinski definition) is 3. The molecule has 0 radical (unpaired) electrons. The highest BCUT2D eigenvalue weighted by Crippen LogP contribution is 2.17. The molecule has 0 saturated heterocycles. The lowest BCUT2D eigenvalue weighted by Gasteiger charge is -2.07. The van der Waals surface area contributed by atoms with E-state index in [1.165, 1.54) is 6.08 Å². The summed E-state index contributed by atoms with van der Waals surface area (Å²) in [6.07, 6.45) is 2.33. The maximum absolute atomic E-state index is 10.3. The van der Waals surface area contributed by atoms with Crippen LogP contribution in [0.4, 0.5) is 0 Å². The maximum atomic E-state index is 10.3. The van der Waals surface area contributed by atoms with Gasteiger partial charge in [-0.15, -0.1) is 0 Å². The first-order valence-corrected chi connectivity index (χ1v) is 6.30. The molecule has 20 heavy (non-hydrogen) atoms. The van der Waals surface area contributed by atoms with Crippen LogP contribution in [0, 0.1) is 10.1 Å². The fourth-order valence-corrected chi connectivity index (χ4v) is 1.73. The van der Waals surface area contributed by atoms with Crippen LogP contribution in [0.2, 0.25) is 5.02 Å². The van der Waals surface area contributed by atoms with Crippen molar-refractivity contribution in [2.75, 3.05) is 0 Å². The molecule has 2 aromatic rings. The molecule has 0 aliphatic carbocycles. The molecule has 2 aromatic carbocycles. The molecule has 0 atom stereocenters. The number of halogens is 1. The van der Waals surface area contributed by atoms with Crippen molar-refractivity contribution in [2.24, 2.45) is 0 Å². The van der Waals surface area contributed by atoms with Crippen molar-refractivity contribution in [1.29, 1.82) is 0 Å². The Kier molecular flexibility index (Phi) is 4.74. The van der Waals surface area contributed by atoms with Crippen LogP contribution >= 0.6 is 11.6 Å². The minimum Gasteiger partial charge on any atom is -0.489 e. The number of nitro groups is 1. The molecule has 0 spiro atoms. The molecule has 102 valence electrons. The summed E-state index contributed by atoms with van der Waals surface area (Å²) in [5, 5.41) is 11.0. The number of ether oxygens (including phenoxy) is 1. The summed E-state index contributed by atoms with van der Waals surface area (Å²) in [4.78, 5) is 9.77. The molecule has 5 heteroatoms. The Labute approximate surface area is 121 Å². The maximum Gasteiger partial charge on any atom is 0.235 e. The molecule has 0 aromatic heterocycles. The highest BCUT2D eigenvalue weighted by Gasteiger charge is 1.98. The second-order valence-electron chi connectivity index (χ2n) is 4.09. The summed E-state index contributed by atoms with van der Waals surface area (Å²) in [7, 11) is 0. The Hall–Kier alpha value is -2.33. The highest BCUT2D eigenvalue weighted by molar-refractivity contribution is 6.30. The van der Waals surface area contributed by atoms with Gasteiger partial charge >= 0.3 is 0 Å². The Morgan fingerprint density at radius 2 is 1.95 bits per heavy atom. The summed E-state index contributed by atoms with van der Waals surface area (Å²) >= 11 is 5.81. The Morgan fingerprint density at radius 1 is 1.20 bits per heavy atom. The van der Waals surface area contributed by atoms with E-state index in [0.717, 1.165) is 17.3 Å². The van der Waals surface area contributed by atoms with Crippen LogP contribution in [-0.4, -0.2) is 4.92 Å². The summed E-state index contributed by atoms with van der Waals surface area (Å²) in [6.45, 7) is 0.416. The molecule has 0 fully saturated rings. The Bertz CT molecular complexity index is 623. The first kappa shape index (κ1) is 14.1. The van der Waals surface area contributed by atoms with Gasteiger partial charge in [0.25, 0.3) is 0 Å². The van der Waals surface area contributed by atoms with Crippen molar-refractivity contribution < 1.29 is 9.66 Å². The van der Waals surface area contributed by atoms with Gasteiger partial charge in [0.15, 0.2) is 0 Å². The SMILES string of the molecule is O=[N+]([O-])C=Cc1cccc(OCc2ccc(Cl)cc2)c1. The van der Waals surface area contributed by atoms with Gasteiger partial charge in [0, 0.05) is 11.1 Å². The van der Waals surface area contributed by atoms with Crippen LogP contribution in [0.3, 0.4) is 0 Å². The van der Waals surface area contributed by atoms with Crippen molar-refractivity contribution in [3.63, 3.8) is 0 Å². The van der Waals surface area contributed by atoms with Crippen molar-refractivity contribution in [1.82, 2.24) is 0 Å². The predicted octanol–water partition coefficient (Wildman–Crippen LogP) is 4.17. The standard InChI is InChI=1S/C15H12ClNO3/c16-14-6-4-13(5-7-14)11-20-15-3-1-2-12(10-15)8-9-17(18)19/h1-10H,11H2. The smallest absolute Gasteiger partial charge is 0.235 e. The van der Waals surface area contributed by atoms with Crippen molar-refractivity contribution in [3.8, 4) is 5.75 Å². The number of hydrogen-bond donors (Lipinski definition) is 0. The number of benzene rings is 2. The van der Waals surface area contributed by atoms with Gasteiger partial charge in [0.05, 0.1) is 4.92 Å². The van der Waals surface area contributed by atoms with Gasteiger partial charge in [0.2, 0.25) is 6.20 Å². The lowest BCUT2D eigenvalue weighted by atomic mass is 10.2. The number of nitrogens with zero attached hydrogens (tertiary/aromatic N) is 1. The molecule has 0 aliphatic rings. The van der Waals surface area contributed by atoms with Crippen molar-refractivity contribution in [2.45, 2.75) is 6.61 Å². The van der Waals surface area contributed by atoms with E-state index in [0.29, 0.717) is 17.4 Å². The summed E-state index contributed by atoms with van der Waals surface area (Å²) in [6, 6.07) is 14.5. The molecule has 0 heterocycles. The zero-order valence-electron chi connectivity index (χ0n) is 10.5. The molecular formula is C15H12ClNO3. The van der Waals surface area contributed by atoms with E-state index >= 15 is 0 Å². The molecule has 2 rings (SSSR count). The molecular weight excluding hydrogens is 278 g/mol. The van der Waals surface area contributed by atoms with Crippen LogP contribution in [0.25, 0.3) is 6.08 Å². The molecule has 0 aliphatic heterocycles. The largest absolute Gasteiger partial charge is 0.489 e. The van der Waals surface area contributed by atoms with E-state index in [-0.39, 0.29) is 0 Å². The molecule has 0 unspecified atom stereocenters. The normalized spacial score (nSPS) is 10.7. The molecule has 4 nitrogen and oxygen atoms in total. The lowest BCUT2D eigenvalue weighted by Crippen LogP contribution is -1.95. The highest BCUT2D eigenvalue weighted by atomic mass is 35.5. The van der Waals surface area contributed by atoms with Crippen molar-refractivity contribution >= 4 is 17.7 Å². The summed E-state index contributed by atoms with van der Waals surface area (Å²) in [5.74, 6) is 0.658. The van der Waals surface area contributed by atoms with Crippen LogP contribution in [-0.2, 0) is 6.61 Å². The topological polar surface area (TPSA) is 52.4 Å². The second-order valence-corrected chi connectivity index (χ2v) is 4.53. The first-order valence-electron chi connectivity index (χ1n) is 5.92. The molecule has 0 saturated carbocycles. The van der Waals surface area contributed by atoms with Gasteiger partial charge in [-0.05, 0) is 35.4 Å². The molecule has 0 N–H and O–H groups in total. The van der Waals surface area contributed by atoms with Crippen LogP contribution < -0.4 is 4.74 Å². The molecule has 0 amide bonds. The average Bonchev–Trinajstić information content (AvgIpc) is 2.45. The predicted molar refractivity (Wildman–Crippen MR) is 78.3 cm³/mol. The van der Waals surface area contributed by atoms with Gasteiger partial charge < -0.3 is 4.74 Å². The summed E-state index contributed by atoms with van der Waals surface area (Å²) < 4.78 is 5.63. The quantitative estimate of drug-likeness (QED) is 0.613. The average molecular weight is 290 g/mol. The summed E-state index contributed by atoms with van der Waals surface area (Å²) in [5.41, 5.74) is 1.72. The van der Waals surface area contributed by atoms with E-state index in [4.69, 9.17) is 16.3 Å². The van der Waals surface area contributed by atoms with Crippen LogP contribution in [0.5, 0.6) is 5.75 Å². The molecule has 0 bridgehead atoms. The Morgan fingerprint density at radius 3 is 2.65 bits per heavy atom. The minimum atomic E-state index is -0.499.